The molecule has 1 aliphatic heterocycles. The molecule has 0 spiro atoms. The van der Waals surface area contributed by atoms with Crippen molar-refractivity contribution in [2.45, 2.75) is 12.5 Å². The van der Waals surface area contributed by atoms with E-state index in [0.717, 1.165) is 41.5 Å². The third-order valence-corrected chi connectivity index (χ3v) is 5.24. The number of aromatic amines is 1. The highest BCUT2D eigenvalue weighted by Crippen LogP contribution is 2.29. The molecule has 1 unspecified atom stereocenters. The smallest absolute Gasteiger partial charge is 0.186 e. The Hall–Kier alpha value is -2.66. The van der Waals surface area contributed by atoms with Gasteiger partial charge < -0.3 is 14.8 Å². The molecule has 7 nitrogen and oxygen atoms in total. The SMILES string of the molecule is CN(c1ncc(C#N)s1)C1CCN(c2ncnc3[nH]ccc23)C1. The molecule has 1 fully saturated rings. The fraction of sp³-hybridized carbons (Fsp3) is 0.333. The summed E-state index contributed by atoms with van der Waals surface area (Å²) < 4.78 is 0. The minimum Gasteiger partial charge on any atom is -0.354 e. The average molecular weight is 325 g/mol. The Labute approximate surface area is 137 Å². The zero-order valence-corrected chi connectivity index (χ0v) is 13.4. The second-order valence-corrected chi connectivity index (χ2v) is 6.56. The largest absolute Gasteiger partial charge is 0.354 e. The average Bonchev–Trinajstić information content (AvgIpc) is 3.32. The van der Waals surface area contributed by atoms with Crippen LogP contribution in [0.3, 0.4) is 0 Å². The monoisotopic (exact) mass is 325 g/mol. The number of rotatable bonds is 3. The van der Waals surface area contributed by atoms with Crippen molar-refractivity contribution in [2.75, 3.05) is 29.9 Å². The van der Waals surface area contributed by atoms with Gasteiger partial charge in [0.25, 0.3) is 0 Å². The molecule has 1 atom stereocenters. The molecule has 4 heterocycles. The lowest BCUT2D eigenvalue weighted by Crippen LogP contribution is -2.34. The van der Waals surface area contributed by atoms with Crippen molar-refractivity contribution in [3.63, 3.8) is 0 Å². The zero-order valence-electron chi connectivity index (χ0n) is 12.6. The summed E-state index contributed by atoms with van der Waals surface area (Å²) in [5.74, 6) is 0.976. The maximum Gasteiger partial charge on any atom is 0.186 e. The van der Waals surface area contributed by atoms with Crippen molar-refractivity contribution in [1.29, 1.82) is 5.26 Å². The second kappa shape index (κ2) is 5.52. The molecule has 4 rings (SSSR count). The first kappa shape index (κ1) is 14.0. The summed E-state index contributed by atoms with van der Waals surface area (Å²) >= 11 is 1.43. The second-order valence-electron chi connectivity index (χ2n) is 5.56. The molecule has 0 amide bonds. The van der Waals surface area contributed by atoms with Gasteiger partial charge in [-0.3, -0.25) is 0 Å². The summed E-state index contributed by atoms with van der Waals surface area (Å²) in [6, 6.07) is 4.52. The number of thiazole rings is 1. The van der Waals surface area contributed by atoms with E-state index in [9.17, 15) is 0 Å². The van der Waals surface area contributed by atoms with Gasteiger partial charge in [-0.05, 0) is 12.5 Å². The molecule has 1 saturated heterocycles. The summed E-state index contributed by atoms with van der Waals surface area (Å²) in [7, 11) is 2.04. The molecule has 1 aliphatic rings. The van der Waals surface area contributed by atoms with E-state index in [1.165, 1.54) is 11.3 Å². The number of likely N-dealkylation sites (N-methyl/N-ethyl adjacent to an activating group) is 1. The maximum absolute atomic E-state index is 8.95. The van der Waals surface area contributed by atoms with Crippen molar-refractivity contribution in [1.82, 2.24) is 19.9 Å². The predicted octanol–water partition coefficient (Wildman–Crippen LogP) is 2.00. The predicted molar refractivity (Wildman–Crippen MR) is 89.7 cm³/mol. The van der Waals surface area contributed by atoms with Crippen LogP contribution in [0.4, 0.5) is 10.9 Å². The molecule has 0 saturated carbocycles. The minimum atomic E-state index is 0.358. The lowest BCUT2D eigenvalue weighted by molar-refractivity contribution is 0.690. The van der Waals surface area contributed by atoms with Gasteiger partial charge in [-0.1, -0.05) is 11.3 Å². The van der Waals surface area contributed by atoms with Gasteiger partial charge in [0, 0.05) is 26.3 Å². The highest BCUT2D eigenvalue weighted by Gasteiger charge is 2.29. The number of fused-ring (bicyclic) bond motifs is 1. The molecular weight excluding hydrogens is 310 g/mol. The summed E-state index contributed by atoms with van der Waals surface area (Å²) in [6.07, 6.45) is 6.16. The number of hydrogen-bond acceptors (Lipinski definition) is 7. The van der Waals surface area contributed by atoms with Crippen molar-refractivity contribution in [3.8, 4) is 6.07 Å². The van der Waals surface area contributed by atoms with E-state index >= 15 is 0 Å². The normalized spacial score (nSPS) is 17.6. The fourth-order valence-electron chi connectivity index (χ4n) is 3.00. The van der Waals surface area contributed by atoms with Crippen LogP contribution in [0.25, 0.3) is 11.0 Å². The Bertz CT molecular complexity index is 877. The van der Waals surface area contributed by atoms with Gasteiger partial charge >= 0.3 is 0 Å². The van der Waals surface area contributed by atoms with E-state index in [1.807, 2.05) is 19.3 Å². The Kier molecular flexibility index (Phi) is 3.35. The first-order valence-electron chi connectivity index (χ1n) is 7.38. The highest BCUT2D eigenvalue weighted by molar-refractivity contribution is 7.16. The molecular formula is C15H15N7S. The molecule has 8 heteroatoms. The van der Waals surface area contributed by atoms with E-state index in [0.29, 0.717) is 10.9 Å². The molecule has 116 valence electrons. The maximum atomic E-state index is 8.95. The van der Waals surface area contributed by atoms with Gasteiger partial charge in [0.15, 0.2) is 5.13 Å². The number of hydrogen-bond donors (Lipinski definition) is 1. The highest BCUT2D eigenvalue weighted by atomic mass is 32.1. The van der Waals surface area contributed by atoms with E-state index in [1.54, 1.807) is 12.5 Å². The Morgan fingerprint density at radius 2 is 2.35 bits per heavy atom. The minimum absolute atomic E-state index is 0.358. The lowest BCUT2D eigenvalue weighted by Gasteiger charge is -2.24. The van der Waals surface area contributed by atoms with Crippen LogP contribution in [-0.2, 0) is 0 Å². The molecule has 0 bridgehead atoms. The van der Waals surface area contributed by atoms with Crippen LogP contribution in [0.1, 0.15) is 11.3 Å². The van der Waals surface area contributed by atoms with E-state index < -0.39 is 0 Å². The molecule has 1 N–H and O–H groups in total. The Morgan fingerprint density at radius 1 is 1.43 bits per heavy atom. The Morgan fingerprint density at radius 3 is 3.17 bits per heavy atom. The molecule has 0 aromatic carbocycles. The number of nitrogens with zero attached hydrogens (tertiary/aromatic N) is 6. The van der Waals surface area contributed by atoms with Crippen LogP contribution in [0.5, 0.6) is 0 Å². The van der Waals surface area contributed by atoms with E-state index in [4.69, 9.17) is 5.26 Å². The van der Waals surface area contributed by atoms with Crippen LogP contribution in [0.15, 0.2) is 24.8 Å². The fourth-order valence-corrected chi connectivity index (χ4v) is 3.74. The third kappa shape index (κ3) is 2.39. The van der Waals surface area contributed by atoms with E-state index in [2.05, 4.69) is 35.8 Å². The van der Waals surface area contributed by atoms with Crippen LogP contribution in [0, 0.1) is 11.3 Å². The molecule has 3 aromatic heterocycles. The van der Waals surface area contributed by atoms with Gasteiger partial charge in [-0.25, -0.2) is 15.0 Å². The van der Waals surface area contributed by atoms with Crippen LogP contribution < -0.4 is 9.80 Å². The molecule has 0 radical (unpaired) electrons. The number of nitriles is 1. The van der Waals surface area contributed by atoms with Gasteiger partial charge in [0.1, 0.15) is 28.7 Å². The first-order valence-corrected chi connectivity index (χ1v) is 8.19. The zero-order chi connectivity index (χ0) is 15.8. The first-order chi connectivity index (χ1) is 11.3. The topological polar surface area (TPSA) is 84.7 Å². The summed E-state index contributed by atoms with van der Waals surface area (Å²) in [4.78, 5) is 21.3. The standard InChI is InChI=1S/C15H15N7S/c1-21(15-18-7-11(6-16)23-15)10-3-5-22(8-10)14-12-2-4-17-13(12)19-9-20-14/h2,4,7,9-10H,3,5,8H2,1H3,(H,17,19,20). The number of aromatic nitrogens is 4. The van der Waals surface area contributed by atoms with Gasteiger partial charge in [0.05, 0.1) is 17.6 Å². The van der Waals surface area contributed by atoms with Crippen molar-refractivity contribution in [3.05, 3.63) is 29.7 Å². The Balaban J connectivity index is 1.55. The van der Waals surface area contributed by atoms with Gasteiger partial charge in [0.2, 0.25) is 0 Å². The third-order valence-electron chi connectivity index (χ3n) is 4.25. The molecule has 3 aromatic rings. The van der Waals surface area contributed by atoms with E-state index in [-0.39, 0.29) is 0 Å². The lowest BCUT2D eigenvalue weighted by atomic mass is 10.2. The van der Waals surface area contributed by atoms with Crippen LogP contribution in [-0.4, -0.2) is 46.1 Å². The van der Waals surface area contributed by atoms with Crippen molar-refractivity contribution >= 4 is 33.3 Å². The number of anilines is 2. The van der Waals surface area contributed by atoms with Crippen molar-refractivity contribution in [2.24, 2.45) is 0 Å². The summed E-state index contributed by atoms with van der Waals surface area (Å²) in [6.45, 7) is 1.83. The van der Waals surface area contributed by atoms with Crippen molar-refractivity contribution < 1.29 is 0 Å². The number of H-pyrrole nitrogens is 1. The summed E-state index contributed by atoms with van der Waals surface area (Å²) in [5.41, 5.74) is 0.866. The molecule has 23 heavy (non-hydrogen) atoms. The quantitative estimate of drug-likeness (QED) is 0.793. The van der Waals surface area contributed by atoms with Gasteiger partial charge in [-0.15, -0.1) is 0 Å². The van der Waals surface area contributed by atoms with Crippen LogP contribution in [0.2, 0.25) is 0 Å². The molecule has 0 aliphatic carbocycles. The number of nitrogens with one attached hydrogen (secondary N) is 1. The summed E-state index contributed by atoms with van der Waals surface area (Å²) in [5, 5.41) is 10.9. The van der Waals surface area contributed by atoms with Gasteiger partial charge in [-0.2, -0.15) is 5.26 Å². The van der Waals surface area contributed by atoms with Crippen LogP contribution >= 0.6 is 11.3 Å².